The van der Waals surface area contributed by atoms with Crippen LogP contribution in [0.15, 0.2) is 72.8 Å². The molecule has 0 radical (unpaired) electrons. The topological polar surface area (TPSA) is 12.0 Å². The summed E-state index contributed by atoms with van der Waals surface area (Å²) in [4.78, 5) is 0. The first-order valence-electron chi connectivity index (χ1n) is 7.77. The summed E-state index contributed by atoms with van der Waals surface area (Å²) in [6.45, 7) is 5.36. The molecule has 0 aromatic heterocycles. The molecule has 1 unspecified atom stereocenters. The number of nitrogens with one attached hydrogen (secondary N) is 1. The van der Waals surface area contributed by atoms with E-state index in [0.29, 0.717) is 12.0 Å². The molecule has 0 spiro atoms. The fraction of sp³-hybridized carbons (Fsp3) is 0.300. The number of rotatable bonds is 7. The average molecular weight is 279 g/mol. The highest BCUT2D eigenvalue weighted by molar-refractivity contribution is 5.34. The molecule has 1 heteroatoms. The minimum absolute atomic E-state index is 0.387. The van der Waals surface area contributed by atoms with Gasteiger partial charge in [0.15, 0.2) is 0 Å². The van der Waals surface area contributed by atoms with Crippen LogP contribution in [0.3, 0.4) is 0 Å². The molecule has 2 aromatic rings. The van der Waals surface area contributed by atoms with Gasteiger partial charge in [0, 0.05) is 12.0 Å². The van der Waals surface area contributed by atoms with E-state index >= 15 is 0 Å². The first kappa shape index (κ1) is 15.5. The van der Waals surface area contributed by atoms with E-state index in [9.17, 15) is 0 Å². The predicted octanol–water partition coefficient (Wildman–Crippen LogP) is 4.76. The summed E-state index contributed by atoms with van der Waals surface area (Å²) in [6.07, 6.45) is 5.40. The Morgan fingerprint density at radius 3 is 1.90 bits per heavy atom. The van der Waals surface area contributed by atoms with Crippen molar-refractivity contribution in [2.45, 2.75) is 32.2 Å². The zero-order valence-electron chi connectivity index (χ0n) is 13.0. The summed E-state index contributed by atoms with van der Waals surface area (Å²) in [7, 11) is 0. The normalized spacial score (nSPS) is 12.9. The zero-order chi connectivity index (χ0) is 14.9. The lowest BCUT2D eigenvalue weighted by Crippen LogP contribution is -2.33. The van der Waals surface area contributed by atoms with E-state index in [1.54, 1.807) is 0 Å². The van der Waals surface area contributed by atoms with E-state index in [1.165, 1.54) is 11.1 Å². The van der Waals surface area contributed by atoms with Gasteiger partial charge in [-0.2, -0.15) is 0 Å². The van der Waals surface area contributed by atoms with Crippen LogP contribution in [0.2, 0.25) is 0 Å². The molecule has 0 saturated heterocycles. The van der Waals surface area contributed by atoms with Crippen molar-refractivity contribution in [3.05, 3.63) is 83.9 Å². The third-order valence-electron chi connectivity index (χ3n) is 3.83. The molecule has 2 rings (SSSR count). The second kappa shape index (κ2) is 8.43. The quantitative estimate of drug-likeness (QED) is 0.569. The van der Waals surface area contributed by atoms with Crippen LogP contribution in [0.1, 0.15) is 37.3 Å². The second-order valence-electron chi connectivity index (χ2n) is 5.40. The minimum Gasteiger partial charge on any atom is -0.313 e. The molecule has 1 N–H and O–H groups in total. The maximum atomic E-state index is 3.66. The molecule has 0 aliphatic heterocycles. The third-order valence-corrected chi connectivity index (χ3v) is 3.83. The van der Waals surface area contributed by atoms with Gasteiger partial charge in [0.1, 0.15) is 0 Å². The molecule has 1 atom stereocenters. The van der Waals surface area contributed by atoms with Crippen molar-refractivity contribution >= 4 is 0 Å². The molecule has 0 aliphatic rings. The summed E-state index contributed by atoms with van der Waals surface area (Å²) in [5.41, 5.74) is 2.74. The Morgan fingerprint density at radius 2 is 1.43 bits per heavy atom. The van der Waals surface area contributed by atoms with Crippen molar-refractivity contribution in [3.8, 4) is 0 Å². The van der Waals surface area contributed by atoms with E-state index in [-0.39, 0.29) is 0 Å². The summed E-state index contributed by atoms with van der Waals surface area (Å²) in [5.74, 6) is 0.387. The number of allylic oxidation sites excluding steroid dienone is 1. The van der Waals surface area contributed by atoms with Crippen LogP contribution in [0.5, 0.6) is 0 Å². The number of benzene rings is 2. The average Bonchev–Trinajstić information content (AvgIpc) is 2.54. The van der Waals surface area contributed by atoms with Crippen molar-refractivity contribution < 1.29 is 0 Å². The predicted molar refractivity (Wildman–Crippen MR) is 91.6 cm³/mol. The molecule has 1 nitrogen and oxygen atoms in total. The van der Waals surface area contributed by atoms with Gasteiger partial charge in [-0.15, -0.1) is 0 Å². The van der Waals surface area contributed by atoms with Gasteiger partial charge in [-0.3, -0.25) is 0 Å². The van der Waals surface area contributed by atoms with Gasteiger partial charge in [0.25, 0.3) is 0 Å². The number of hydrogen-bond donors (Lipinski definition) is 1. The number of hydrogen-bond acceptors (Lipinski definition) is 1. The van der Waals surface area contributed by atoms with Crippen molar-refractivity contribution in [2.24, 2.45) is 0 Å². The van der Waals surface area contributed by atoms with Crippen molar-refractivity contribution in [1.29, 1.82) is 0 Å². The smallest absolute Gasteiger partial charge is 0.0240 e. The highest BCUT2D eigenvalue weighted by Gasteiger charge is 2.20. The maximum absolute atomic E-state index is 3.66. The molecule has 0 bridgehead atoms. The first-order chi connectivity index (χ1) is 10.3. The Labute approximate surface area is 128 Å². The van der Waals surface area contributed by atoms with Crippen LogP contribution < -0.4 is 5.32 Å². The molecule has 0 fully saturated rings. The van der Waals surface area contributed by atoms with E-state index in [4.69, 9.17) is 0 Å². The Balaban J connectivity index is 2.16. The van der Waals surface area contributed by atoms with Gasteiger partial charge >= 0.3 is 0 Å². The summed E-state index contributed by atoms with van der Waals surface area (Å²) < 4.78 is 0. The largest absolute Gasteiger partial charge is 0.313 e. The van der Waals surface area contributed by atoms with E-state index in [0.717, 1.165) is 13.0 Å². The second-order valence-corrected chi connectivity index (χ2v) is 5.40. The zero-order valence-corrected chi connectivity index (χ0v) is 13.0. The lowest BCUT2D eigenvalue weighted by atomic mass is 9.86. The SMILES string of the molecule is C/C=C/CCNC(C)C(c1ccccc1)c1ccccc1. The van der Waals surface area contributed by atoms with Crippen LogP contribution in [0.25, 0.3) is 0 Å². The Hall–Kier alpha value is -1.86. The van der Waals surface area contributed by atoms with E-state index in [1.807, 2.05) is 0 Å². The van der Waals surface area contributed by atoms with Crippen LogP contribution in [0.4, 0.5) is 0 Å². The van der Waals surface area contributed by atoms with Crippen molar-refractivity contribution in [1.82, 2.24) is 5.32 Å². The Bertz CT molecular complexity index is 491. The standard InChI is InChI=1S/C20H25N/c1-3-4-11-16-21-17(2)20(18-12-7-5-8-13-18)19-14-9-6-10-15-19/h3-10,12-15,17,20-21H,11,16H2,1-2H3/b4-3+. The van der Waals surface area contributed by atoms with Gasteiger partial charge in [0.05, 0.1) is 0 Å². The van der Waals surface area contributed by atoms with E-state index in [2.05, 4.69) is 92.0 Å². The first-order valence-corrected chi connectivity index (χ1v) is 7.77. The third kappa shape index (κ3) is 4.57. The molecular weight excluding hydrogens is 254 g/mol. The summed E-state index contributed by atoms with van der Waals surface area (Å²) in [5, 5.41) is 3.66. The summed E-state index contributed by atoms with van der Waals surface area (Å²) in [6, 6.07) is 21.9. The molecule has 0 aliphatic carbocycles. The van der Waals surface area contributed by atoms with Gasteiger partial charge in [-0.05, 0) is 37.9 Å². The molecule has 0 amide bonds. The van der Waals surface area contributed by atoms with Crippen LogP contribution >= 0.6 is 0 Å². The summed E-state index contributed by atoms with van der Waals surface area (Å²) >= 11 is 0. The van der Waals surface area contributed by atoms with Crippen molar-refractivity contribution in [3.63, 3.8) is 0 Å². The van der Waals surface area contributed by atoms with Gasteiger partial charge < -0.3 is 5.32 Å². The molecule has 0 saturated carbocycles. The van der Waals surface area contributed by atoms with Crippen molar-refractivity contribution in [2.75, 3.05) is 6.54 Å². The fourth-order valence-electron chi connectivity index (χ4n) is 2.77. The Morgan fingerprint density at radius 1 is 0.905 bits per heavy atom. The molecule has 2 aromatic carbocycles. The molecule has 0 heterocycles. The fourth-order valence-corrected chi connectivity index (χ4v) is 2.77. The van der Waals surface area contributed by atoms with Crippen LogP contribution in [-0.2, 0) is 0 Å². The highest BCUT2D eigenvalue weighted by Crippen LogP contribution is 2.27. The van der Waals surface area contributed by atoms with Crippen LogP contribution in [0, 0.1) is 0 Å². The van der Waals surface area contributed by atoms with Crippen LogP contribution in [-0.4, -0.2) is 12.6 Å². The van der Waals surface area contributed by atoms with Gasteiger partial charge in [-0.1, -0.05) is 72.8 Å². The Kier molecular flexibility index (Phi) is 6.23. The lowest BCUT2D eigenvalue weighted by molar-refractivity contribution is 0.504. The minimum atomic E-state index is 0.387. The van der Waals surface area contributed by atoms with E-state index < -0.39 is 0 Å². The lowest BCUT2D eigenvalue weighted by Gasteiger charge is -2.26. The highest BCUT2D eigenvalue weighted by atomic mass is 14.9. The monoisotopic (exact) mass is 279 g/mol. The van der Waals surface area contributed by atoms with Gasteiger partial charge in [-0.25, -0.2) is 0 Å². The van der Waals surface area contributed by atoms with Gasteiger partial charge in [0.2, 0.25) is 0 Å². The molecule has 21 heavy (non-hydrogen) atoms. The molecular formula is C20H25N. The molecule has 110 valence electrons. The maximum Gasteiger partial charge on any atom is 0.0240 e.